The Bertz CT molecular complexity index is 480. The highest BCUT2D eigenvalue weighted by Crippen LogP contribution is 2.25. The van der Waals surface area contributed by atoms with Crippen LogP contribution in [-0.2, 0) is 4.74 Å². The Morgan fingerprint density at radius 2 is 1.95 bits per heavy atom. The first-order valence-corrected chi connectivity index (χ1v) is 8.08. The maximum Gasteiger partial charge on any atom is 0.231 e. The van der Waals surface area contributed by atoms with Crippen LogP contribution < -0.4 is 10.2 Å². The van der Waals surface area contributed by atoms with E-state index < -0.39 is 0 Å². The molecule has 2 unspecified atom stereocenters. The molecule has 116 valence electrons. The van der Waals surface area contributed by atoms with E-state index in [9.17, 15) is 0 Å². The van der Waals surface area contributed by atoms with Gasteiger partial charge < -0.3 is 15.0 Å². The molecule has 21 heavy (non-hydrogen) atoms. The van der Waals surface area contributed by atoms with E-state index in [1.54, 1.807) is 7.11 Å². The van der Waals surface area contributed by atoms with Crippen molar-refractivity contribution in [1.29, 1.82) is 0 Å². The van der Waals surface area contributed by atoms with Gasteiger partial charge in [0, 0.05) is 26.2 Å². The van der Waals surface area contributed by atoms with Crippen molar-refractivity contribution in [3.05, 3.63) is 5.28 Å². The molecule has 1 aromatic rings. The lowest BCUT2D eigenvalue weighted by Crippen LogP contribution is -2.31. The normalized spacial score (nSPS) is 26.1. The summed E-state index contributed by atoms with van der Waals surface area (Å²) in [6.07, 6.45) is 7.11. The van der Waals surface area contributed by atoms with Crippen LogP contribution in [0.15, 0.2) is 0 Å². The van der Waals surface area contributed by atoms with Gasteiger partial charge in [-0.2, -0.15) is 15.0 Å². The van der Waals surface area contributed by atoms with Gasteiger partial charge in [-0.1, -0.05) is 0 Å². The van der Waals surface area contributed by atoms with Crippen LogP contribution in [0.5, 0.6) is 0 Å². The Hall–Kier alpha value is -1.14. The number of halogens is 1. The van der Waals surface area contributed by atoms with Crippen molar-refractivity contribution < 1.29 is 4.74 Å². The van der Waals surface area contributed by atoms with Crippen LogP contribution in [0.4, 0.5) is 11.9 Å². The van der Waals surface area contributed by atoms with Crippen LogP contribution in [0.3, 0.4) is 0 Å². The van der Waals surface area contributed by atoms with Crippen LogP contribution >= 0.6 is 11.6 Å². The zero-order chi connectivity index (χ0) is 14.7. The second kappa shape index (κ2) is 6.75. The lowest BCUT2D eigenvalue weighted by molar-refractivity contribution is 0.108. The summed E-state index contributed by atoms with van der Waals surface area (Å²) < 4.78 is 5.39. The summed E-state index contributed by atoms with van der Waals surface area (Å²) in [5.74, 6) is 1.27. The molecule has 0 spiro atoms. The highest BCUT2D eigenvalue weighted by molar-refractivity contribution is 6.28. The molecule has 2 aliphatic rings. The van der Waals surface area contributed by atoms with Crippen molar-refractivity contribution in [2.75, 3.05) is 30.4 Å². The summed E-state index contributed by atoms with van der Waals surface area (Å²) in [6.45, 7) is 1.99. The lowest BCUT2D eigenvalue weighted by Gasteiger charge is -2.26. The number of piperidine rings is 1. The number of methoxy groups -OCH3 is 1. The molecule has 1 saturated carbocycles. The first-order chi connectivity index (χ1) is 10.2. The van der Waals surface area contributed by atoms with Gasteiger partial charge in [0.1, 0.15) is 0 Å². The first-order valence-electron chi connectivity index (χ1n) is 7.70. The third-order valence-electron chi connectivity index (χ3n) is 4.29. The maximum absolute atomic E-state index is 6.06. The number of anilines is 2. The topological polar surface area (TPSA) is 63.2 Å². The molecule has 2 heterocycles. The average Bonchev–Trinajstić information content (AvgIpc) is 2.95. The number of nitrogens with zero attached hydrogens (tertiary/aromatic N) is 4. The SMILES string of the molecule is COC1CCC(Nc2nc(Cl)nc(N3CCCCC3)n2)C1. The fourth-order valence-corrected chi connectivity index (χ4v) is 3.26. The van der Waals surface area contributed by atoms with Crippen LogP contribution in [0.25, 0.3) is 0 Å². The van der Waals surface area contributed by atoms with Crippen LogP contribution in [0.2, 0.25) is 5.28 Å². The van der Waals surface area contributed by atoms with Gasteiger partial charge in [0.05, 0.1) is 6.10 Å². The zero-order valence-corrected chi connectivity index (χ0v) is 13.1. The van der Waals surface area contributed by atoms with E-state index in [0.29, 0.717) is 24.0 Å². The van der Waals surface area contributed by atoms with Crippen molar-refractivity contribution >= 4 is 23.5 Å². The van der Waals surface area contributed by atoms with Gasteiger partial charge in [-0.15, -0.1) is 0 Å². The molecule has 1 saturated heterocycles. The van der Waals surface area contributed by atoms with E-state index >= 15 is 0 Å². The summed E-state index contributed by atoms with van der Waals surface area (Å²) in [6, 6.07) is 0.350. The van der Waals surface area contributed by atoms with Crippen molar-refractivity contribution in [2.24, 2.45) is 0 Å². The molecular weight excluding hydrogens is 290 g/mol. The molecule has 1 N–H and O–H groups in total. The molecule has 0 bridgehead atoms. The Morgan fingerprint density at radius 3 is 2.67 bits per heavy atom. The van der Waals surface area contributed by atoms with E-state index in [0.717, 1.165) is 32.4 Å². The van der Waals surface area contributed by atoms with E-state index in [4.69, 9.17) is 16.3 Å². The van der Waals surface area contributed by atoms with Gasteiger partial charge in [-0.3, -0.25) is 0 Å². The van der Waals surface area contributed by atoms with E-state index in [-0.39, 0.29) is 5.28 Å². The third kappa shape index (κ3) is 3.74. The summed E-state index contributed by atoms with van der Waals surface area (Å²) >= 11 is 6.06. The minimum atomic E-state index is 0.259. The second-order valence-electron chi connectivity index (χ2n) is 5.79. The number of hydrogen-bond acceptors (Lipinski definition) is 6. The van der Waals surface area contributed by atoms with E-state index in [2.05, 4.69) is 25.2 Å². The Labute approximate surface area is 130 Å². The third-order valence-corrected chi connectivity index (χ3v) is 4.46. The van der Waals surface area contributed by atoms with Gasteiger partial charge in [0.25, 0.3) is 0 Å². The van der Waals surface area contributed by atoms with Crippen molar-refractivity contribution in [2.45, 2.75) is 50.7 Å². The predicted molar refractivity (Wildman–Crippen MR) is 83.0 cm³/mol. The molecule has 7 heteroatoms. The molecule has 0 radical (unpaired) electrons. The fourth-order valence-electron chi connectivity index (χ4n) is 3.11. The van der Waals surface area contributed by atoms with Gasteiger partial charge in [-0.05, 0) is 50.1 Å². The van der Waals surface area contributed by atoms with Gasteiger partial charge >= 0.3 is 0 Å². The number of nitrogens with one attached hydrogen (secondary N) is 1. The van der Waals surface area contributed by atoms with Gasteiger partial charge in [0.15, 0.2) is 0 Å². The van der Waals surface area contributed by atoms with Gasteiger partial charge in [-0.25, -0.2) is 0 Å². The monoisotopic (exact) mass is 311 g/mol. The van der Waals surface area contributed by atoms with Crippen LogP contribution in [0.1, 0.15) is 38.5 Å². The number of ether oxygens (including phenoxy) is 1. The lowest BCUT2D eigenvalue weighted by atomic mass is 10.1. The highest BCUT2D eigenvalue weighted by Gasteiger charge is 2.25. The Morgan fingerprint density at radius 1 is 1.14 bits per heavy atom. The maximum atomic E-state index is 6.06. The van der Waals surface area contributed by atoms with Gasteiger partial charge in [0.2, 0.25) is 17.2 Å². The largest absolute Gasteiger partial charge is 0.381 e. The highest BCUT2D eigenvalue weighted by atomic mass is 35.5. The molecule has 6 nitrogen and oxygen atoms in total. The summed E-state index contributed by atoms with van der Waals surface area (Å²) in [5, 5.41) is 3.63. The fraction of sp³-hybridized carbons (Fsp3) is 0.786. The number of aromatic nitrogens is 3. The van der Waals surface area contributed by atoms with Crippen LogP contribution in [-0.4, -0.2) is 47.3 Å². The molecular formula is C14H22ClN5O. The van der Waals surface area contributed by atoms with Crippen LogP contribution in [0, 0.1) is 0 Å². The molecule has 1 aliphatic heterocycles. The van der Waals surface area contributed by atoms with Crippen molar-refractivity contribution in [3.63, 3.8) is 0 Å². The molecule has 0 aromatic carbocycles. The standard InChI is InChI=1S/C14H22ClN5O/c1-21-11-6-5-10(9-11)16-13-17-12(15)18-14(19-13)20-7-3-2-4-8-20/h10-11H,2-9H2,1H3,(H,16,17,18,19). The zero-order valence-electron chi connectivity index (χ0n) is 12.4. The quantitative estimate of drug-likeness (QED) is 0.921. The molecule has 2 fully saturated rings. The van der Waals surface area contributed by atoms with Crippen molar-refractivity contribution in [1.82, 2.24) is 15.0 Å². The smallest absolute Gasteiger partial charge is 0.231 e. The van der Waals surface area contributed by atoms with E-state index in [1.807, 2.05) is 0 Å². The van der Waals surface area contributed by atoms with E-state index in [1.165, 1.54) is 19.3 Å². The predicted octanol–water partition coefficient (Wildman–Crippen LogP) is 2.49. The Kier molecular flexibility index (Phi) is 4.75. The summed E-state index contributed by atoms with van der Waals surface area (Å²) in [7, 11) is 1.77. The molecule has 0 amide bonds. The molecule has 2 atom stereocenters. The minimum absolute atomic E-state index is 0.259. The average molecular weight is 312 g/mol. The number of hydrogen-bond donors (Lipinski definition) is 1. The first kappa shape index (κ1) is 14.8. The number of rotatable bonds is 4. The molecule has 3 rings (SSSR count). The molecule has 1 aliphatic carbocycles. The minimum Gasteiger partial charge on any atom is -0.381 e. The molecule has 1 aromatic heterocycles. The van der Waals surface area contributed by atoms with Crippen molar-refractivity contribution in [3.8, 4) is 0 Å². The Balaban J connectivity index is 1.69. The second-order valence-corrected chi connectivity index (χ2v) is 6.13. The summed E-state index contributed by atoms with van der Waals surface area (Å²) in [4.78, 5) is 15.2. The summed E-state index contributed by atoms with van der Waals surface area (Å²) in [5.41, 5.74) is 0.